The van der Waals surface area contributed by atoms with E-state index < -0.39 is 0 Å². The maximum absolute atomic E-state index is 11.8. The van der Waals surface area contributed by atoms with Gasteiger partial charge in [0, 0.05) is 5.69 Å². The quantitative estimate of drug-likeness (QED) is 0.832. The van der Waals surface area contributed by atoms with Crippen LogP contribution in [0.3, 0.4) is 0 Å². The number of benzene rings is 1. The van der Waals surface area contributed by atoms with Gasteiger partial charge in [0.25, 0.3) is 0 Å². The van der Waals surface area contributed by atoms with Gasteiger partial charge in [-0.2, -0.15) is 0 Å². The van der Waals surface area contributed by atoms with Crippen molar-refractivity contribution in [2.45, 2.75) is 26.2 Å². The van der Waals surface area contributed by atoms with E-state index >= 15 is 0 Å². The third-order valence-electron chi connectivity index (χ3n) is 3.24. The van der Waals surface area contributed by atoms with Gasteiger partial charge in [-0.3, -0.25) is 9.59 Å². The van der Waals surface area contributed by atoms with Gasteiger partial charge in [0.15, 0.2) is 0 Å². The molecular formula is C14H17NO3. The number of hydrogen-bond acceptors (Lipinski definition) is 3. The van der Waals surface area contributed by atoms with E-state index in [-0.39, 0.29) is 23.7 Å². The lowest BCUT2D eigenvalue weighted by Crippen LogP contribution is -2.19. The topological polar surface area (TPSA) is 55.4 Å². The molecular weight excluding hydrogens is 230 g/mol. The second kappa shape index (κ2) is 4.80. The Morgan fingerprint density at radius 1 is 1.39 bits per heavy atom. The standard InChI is InChI=1S/C14H17NO3/c1-8(2)13(14(17)18-3)9-4-5-11-10(6-9)7-12(16)15-11/h4-6,8,13H,7H2,1-3H3,(H,15,16). The summed E-state index contributed by atoms with van der Waals surface area (Å²) in [7, 11) is 1.40. The second-order valence-corrected chi connectivity index (χ2v) is 4.89. The molecule has 4 heteroatoms. The molecule has 0 fully saturated rings. The van der Waals surface area contributed by atoms with Gasteiger partial charge in [-0.15, -0.1) is 0 Å². The summed E-state index contributed by atoms with van der Waals surface area (Å²) in [4.78, 5) is 23.1. The van der Waals surface area contributed by atoms with E-state index in [4.69, 9.17) is 4.74 Å². The van der Waals surface area contributed by atoms with Crippen LogP contribution in [0, 0.1) is 5.92 Å². The smallest absolute Gasteiger partial charge is 0.313 e. The van der Waals surface area contributed by atoms with Crippen LogP contribution in [0.4, 0.5) is 5.69 Å². The Morgan fingerprint density at radius 3 is 2.72 bits per heavy atom. The Labute approximate surface area is 106 Å². The summed E-state index contributed by atoms with van der Waals surface area (Å²) in [5.74, 6) is -0.361. The fraction of sp³-hybridized carbons (Fsp3) is 0.429. The highest BCUT2D eigenvalue weighted by Gasteiger charge is 2.27. The molecule has 0 radical (unpaired) electrons. The van der Waals surface area contributed by atoms with E-state index in [2.05, 4.69) is 5.32 Å². The molecule has 1 N–H and O–H groups in total. The number of methoxy groups -OCH3 is 1. The number of anilines is 1. The number of rotatable bonds is 3. The zero-order chi connectivity index (χ0) is 13.3. The first-order valence-corrected chi connectivity index (χ1v) is 6.03. The molecule has 0 aromatic heterocycles. The summed E-state index contributed by atoms with van der Waals surface area (Å²) in [6.07, 6.45) is 0.384. The molecule has 96 valence electrons. The zero-order valence-corrected chi connectivity index (χ0v) is 10.8. The number of fused-ring (bicyclic) bond motifs is 1. The average Bonchev–Trinajstić information content (AvgIpc) is 2.68. The van der Waals surface area contributed by atoms with Gasteiger partial charge in [0.05, 0.1) is 19.4 Å². The molecule has 2 rings (SSSR count). The van der Waals surface area contributed by atoms with Gasteiger partial charge in [0.1, 0.15) is 0 Å². The maximum Gasteiger partial charge on any atom is 0.313 e. The molecule has 0 spiro atoms. The first-order valence-electron chi connectivity index (χ1n) is 6.03. The molecule has 0 aliphatic carbocycles. The van der Waals surface area contributed by atoms with Crippen molar-refractivity contribution in [3.05, 3.63) is 29.3 Å². The number of hydrogen-bond donors (Lipinski definition) is 1. The zero-order valence-electron chi connectivity index (χ0n) is 10.8. The molecule has 0 saturated carbocycles. The molecule has 18 heavy (non-hydrogen) atoms. The van der Waals surface area contributed by atoms with Crippen molar-refractivity contribution in [3.8, 4) is 0 Å². The molecule has 1 unspecified atom stereocenters. The van der Waals surface area contributed by atoms with Crippen molar-refractivity contribution in [2.75, 3.05) is 12.4 Å². The highest BCUT2D eigenvalue weighted by molar-refractivity contribution is 5.99. The molecule has 0 bridgehead atoms. The number of ether oxygens (including phenoxy) is 1. The summed E-state index contributed by atoms with van der Waals surface area (Å²) in [5.41, 5.74) is 2.70. The van der Waals surface area contributed by atoms with Crippen LogP contribution in [0.25, 0.3) is 0 Å². The molecule has 1 heterocycles. The first-order chi connectivity index (χ1) is 8.52. The molecule has 1 aromatic rings. The van der Waals surface area contributed by atoms with Crippen LogP contribution in [0.5, 0.6) is 0 Å². The number of esters is 1. The summed E-state index contributed by atoms with van der Waals surface area (Å²) >= 11 is 0. The summed E-state index contributed by atoms with van der Waals surface area (Å²) < 4.78 is 4.85. The summed E-state index contributed by atoms with van der Waals surface area (Å²) in [6.45, 7) is 3.97. The van der Waals surface area contributed by atoms with Crippen LogP contribution in [-0.4, -0.2) is 19.0 Å². The number of carbonyl (C=O) groups is 2. The SMILES string of the molecule is COC(=O)C(c1ccc2c(c1)CC(=O)N2)C(C)C. The van der Waals surface area contributed by atoms with E-state index in [0.717, 1.165) is 16.8 Å². The summed E-state index contributed by atoms with van der Waals surface area (Å²) in [6, 6.07) is 5.66. The predicted molar refractivity (Wildman–Crippen MR) is 68.4 cm³/mol. The number of nitrogens with one attached hydrogen (secondary N) is 1. The van der Waals surface area contributed by atoms with E-state index in [0.29, 0.717) is 6.42 Å². The maximum atomic E-state index is 11.8. The molecule has 1 aromatic carbocycles. The third-order valence-corrected chi connectivity index (χ3v) is 3.24. The molecule has 1 amide bonds. The highest BCUT2D eigenvalue weighted by atomic mass is 16.5. The van der Waals surface area contributed by atoms with Crippen LogP contribution in [0.2, 0.25) is 0 Å². The lowest BCUT2D eigenvalue weighted by atomic mass is 9.87. The van der Waals surface area contributed by atoms with Crippen LogP contribution >= 0.6 is 0 Å². The fourth-order valence-electron chi connectivity index (χ4n) is 2.36. The average molecular weight is 247 g/mol. The Morgan fingerprint density at radius 2 is 2.11 bits per heavy atom. The van der Waals surface area contributed by atoms with Crippen LogP contribution in [-0.2, 0) is 20.7 Å². The van der Waals surface area contributed by atoms with Gasteiger partial charge in [-0.05, 0) is 23.1 Å². The van der Waals surface area contributed by atoms with Crippen molar-refractivity contribution < 1.29 is 14.3 Å². The van der Waals surface area contributed by atoms with Gasteiger partial charge in [-0.1, -0.05) is 26.0 Å². The minimum absolute atomic E-state index is 0.00122. The van der Waals surface area contributed by atoms with Crippen LogP contribution < -0.4 is 5.32 Å². The highest BCUT2D eigenvalue weighted by Crippen LogP contribution is 2.31. The Bertz CT molecular complexity index is 494. The van der Waals surface area contributed by atoms with Crippen molar-refractivity contribution in [3.63, 3.8) is 0 Å². The van der Waals surface area contributed by atoms with E-state index in [1.807, 2.05) is 32.0 Å². The minimum Gasteiger partial charge on any atom is -0.469 e. The second-order valence-electron chi connectivity index (χ2n) is 4.89. The van der Waals surface area contributed by atoms with E-state index in [9.17, 15) is 9.59 Å². The predicted octanol–water partition coefficient (Wildman–Crippen LogP) is 2.09. The van der Waals surface area contributed by atoms with Crippen LogP contribution in [0.15, 0.2) is 18.2 Å². The van der Waals surface area contributed by atoms with Crippen LogP contribution in [0.1, 0.15) is 30.9 Å². The van der Waals surface area contributed by atoms with Crippen molar-refractivity contribution in [1.29, 1.82) is 0 Å². The Hall–Kier alpha value is -1.84. The molecule has 1 atom stereocenters. The Kier molecular flexibility index (Phi) is 3.36. The van der Waals surface area contributed by atoms with Gasteiger partial charge < -0.3 is 10.1 Å². The summed E-state index contributed by atoms with van der Waals surface area (Å²) in [5, 5.41) is 2.78. The Balaban J connectivity index is 2.35. The van der Waals surface area contributed by atoms with E-state index in [1.54, 1.807) is 0 Å². The van der Waals surface area contributed by atoms with Crippen molar-refractivity contribution in [2.24, 2.45) is 5.92 Å². The minimum atomic E-state index is -0.281. The number of carbonyl (C=O) groups excluding carboxylic acids is 2. The third kappa shape index (κ3) is 2.23. The lowest BCUT2D eigenvalue weighted by Gasteiger charge is -2.19. The molecule has 1 aliphatic rings. The lowest BCUT2D eigenvalue weighted by molar-refractivity contribution is -0.143. The first kappa shape index (κ1) is 12.6. The van der Waals surface area contributed by atoms with Gasteiger partial charge in [-0.25, -0.2) is 0 Å². The number of amides is 1. The van der Waals surface area contributed by atoms with E-state index in [1.165, 1.54) is 7.11 Å². The fourth-order valence-corrected chi connectivity index (χ4v) is 2.36. The van der Waals surface area contributed by atoms with Gasteiger partial charge >= 0.3 is 5.97 Å². The molecule has 0 saturated heterocycles. The largest absolute Gasteiger partial charge is 0.469 e. The molecule has 1 aliphatic heterocycles. The monoisotopic (exact) mass is 247 g/mol. The van der Waals surface area contributed by atoms with Gasteiger partial charge in [0.2, 0.25) is 5.91 Å². The molecule has 4 nitrogen and oxygen atoms in total. The van der Waals surface area contributed by atoms with Crippen molar-refractivity contribution in [1.82, 2.24) is 0 Å². The normalized spacial score (nSPS) is 15.2. The van der Waals surface area contributed by atoms with Crippen molar-refractivity contribution >= 4 is 17.6 Å².